The lowest BCUT2D eigenvalue weighted by atomic mass is 10.0. The highest BCUT2D eigenvalue weighted by Crippen LogP contribution is 2.17. The highest BCUT2D eigenvalue weighted by Gasteiger charge is 2.18. The summed E-state index contributed by atoms with van der Waals surface area (Å²) in [5, 5.41) is 0. The largest absolute Gasteiger partial charge is 0.462 e. The van der Waals surface area contributed by atoms with Crippen LogP contribution in [0.1, 0.15) is 96.8 Å². The van der Waals surface area contributed by atoms with Crippen molar-refractivity contribution in [1.82, 2.24) is 0 Å². The van der Waals surface area contributed by atoms with Gasteiger partial charge in [-0.3, -0.25) is 0 Å². The SMILES string of the molecule is C=C(C)C(=O)OCCCCCCCCCCCCCCCC[Si](C)(C)F. The molecule has 0 bridgehead atoms. The van der Waals surface area contributed by atoms with E-state index < -0.39 is 8.41 Å². The van der Waals surface area contributed by atoms with Gasteiger partial charge in [-0.1, -0.05) is 90.0 Å². The average molecular weight is 387 g/mol. The van der Waals surface area contributed by atoms with Gasteiger partial charge in [0.25, 0.3) is 0 Å². The Hall–Kier alpha value is -0.643. The quantitative estimate of drug-likeness (QED) is 0.0791. The predicted octanol–water partition coefficient (Wildman–Crippen LogP) is 7.74. The number of unbranched alkanes of at least 4 members (excludes halogenated alkanes) is 13. The lowest BCUT2D eigenvalue weighted by molar-refractivity contribution is -0.139. The smallest absolute Gasteiger partial charge is 0.333 e. The molecule has 0 aromatic rings. The van der Waals surface area contributed by atoms with E-state index in [4.69, 9.17) is 4.74 Å². The monoisotopic (exact) mass is 386 g/mol. The Morgan fingerprint density at radius 1 is 0.769 bits per heavy atom. The molecule has 0 saturated carbocycles. The number of esters is 1. The van der Waals surface area contributed by atoms with Crippen molar-refractivity contribution in [1.29, 1.82) is 0 Å². The van der Waals surface area contributed by atoms with Gasteiger partial charge < -0.3 is 8.84 Å². The van der Waals surface area contributed by atoms with Gasteiger partial charge in [-0.15, -0.1) is 0 Å². The van der Waals surface area contributed by atoms with Crippen molar-refractivity contribution in [3.63, 3.8) is 0 Å². The zero-order chi connectivity index (χ0) is 19.7. The van der Waals surface area contributed by atoms with Gasteiger partial charge in [0.2, 0.25) is 8.41 Å². The topological polar surface area (TPSA) is 26.3 Å². The average Bonchev–Trinajstić information content (AvgIpc) is 2.56. The summed E-state index contributed by atoms with van der Waals surface area (Å²) in [4.78, 5) is 11.2. The molecule has 0 radical (unpaired) electrons. The molecule has 154 valence electrons. The second kappa shape index (κ2) is 16.5. The Labute approximate surface area is 163 Å². The molecule has 0 amide bonds. The number of carbonyl (C=O) groups is 1. The number of rotatable bonds is 18. The summed E-state index contributed by atoms with van der Waals surface area (Å²) in [5.41, 5.74) is 0.479. The van der Waals surface area contributed by atoms with Gasteiger partial charge >= 0.3 is 5.97 Å². The van der Waals surface area contributed by atoms with Crippen molar-refractivity contribution in [2.45, 2.75) is 116 Å². The van der Waals surface area contributed by atoms with Crippen molar-refractivity contribution in [2.75, 3.05) is 6.61 Å². The normalized spacial score (nSPS) is 11.5. The van der Waals surface area contributed by atoms with Crippen LogP contribution in [0.4, 0.5) is 4.11 Å². The molecule has 2 nitrogen and oxygen atoms in total. The van der Waals surface area contributed by atoms with Gasteiger partial charge in [0.1, 0.15) is 0 Å². The molecule has 0 aromatic heterocycles. The maximum atomic E-state index is 13.4. The third kappa shape index (κ3) is 19.7. The van der Waals surface area contributed by atoms with Gasteiger partial charge in [0.15, 0.2) is 0 Å². The number of hydrogen-bond donors (Lipinski definition) is 0. The fraction of sp³-hybridized carbons (Fsp3) is 0.864. The fourth-order valence-electron chi connectivity index (χ4n) is 3.06. The van der Waals surface area contributed by atoms with Gasteiger partial charge in [0.05, 0.1) is 6.61 Å². The van der Waals surface area contributed by atoms with Crippen LogP contribution in [0.2, 0.25) is 19.1 Å². The fourth-order valence-corrected chi connectivity index (χ4v) is 4.15. The van der Waals surface area contributed by atoms with Crippen LogP contribution < -0.4 is 0 Å². The Kier molecular flexibility index (Phi) is 16.1. The van der Waals surface area contributed by atoms with Crippen molar-refractivity contribution in [3.05, 3.63) is 12.2 Å². The molecule has 4 heteroatoms. The summed E-state index contributed by atoms with van der Waals surface area (Å²) in [6, 6.07) is 0.840. The Balaban J connectivity index is 3.11. The van der Waals surface area contributed by atoms with E-state index in [1.54, 1.807) is 6.92 Å². The first kappa shape index (κ1) is 25.4. The Morgan fingerprint density at radius 2 is 1.12 bits per heavy atom. The molecule has 0 aliphatic heterocycles. The third-order valence-corrected chi connectivity index (χ3v) is 6.29. The zero-order valence-corrected chi connectivity index (χ0v) is 18.7. The van der Waals surface area contributed by atoms with Crippen LogP contribution in [-0.2, 0) is 9.53 Å². The molecule has 0 spiro atoms. The van der Waals surface area contributed by atoms with E-state index in [1.807, 2.05) is 13.1 Å². The van der Waals surface area contributed by atoms with Crippen molar-refractivity contribution in [2.24, 2.45) is 0 Å². The zero-order valence-electron chi connectivity index (χ0n) is 17.7. The highest BCUT2D eigenvalue weighted by atomic mass is 28.4. The molecule has 26 heavy (non-hydrogen) atoms. The lowest BCUT2D eigenvalue weighted by Gasteiger charge is -2.09. The van der Waals surface area contributed by atoms with Crippen LogP contribution in [0, 0.1) is 0 Å². The molecule has 0 aliphatic rings. The van der Waals surface area contributed by atoms with Crippen molar-refractivity contribution >= 4 is 14.4 Å². The molecular formula is C22H43FO2Si. The summed E-state index contributed by atoms with van der Waals surface area (Å²) in [5.74, 6) is -0.268. The van der Waals surface area contributed by atoms with E-state index in [2.05, 4.69) is 6.58 Å². The molecule has 0 aromatic carbocycles. The van der Waals surface area contributed by atoms with E-state index in [-0.39, 0.29) is 5.97 Å². The molecule has 0 heterocycles. The Bertz CT molecular complexity index is 364. The number of carbonyl (C=O) groups excluding carboxylic acids is 1. The van der Waals surface area contributed by atoms with E-state index in [0.29, 0.717) is 12.2 Å². The van der Waals surface area contributed by atoms with E-state index in [0.717, 1.165) is 25.3 Å². The minimum absolute atomic E-state index is 0.268. The molecule has 0 unspecified atom stereocenters. The van der Waals surface area contributed by atoms with Gasteiger partial charge in [0, 0.05) is 5.57 Å². The molecule has 0 aliphatic carbocycles. The van der Waals surface area contributed by atoms with Crippen LogP contribution in [-0.4, -0.2) is 21.0 Å². The second-order valence-electron chi connectivity index (χ2n) is 8.33. The predicted molar refractivity (Wildman–Crippen MR) is 114 cm³/mol. The van der Waals surface area contributed by atoms with Gasteiger partial charge in [-0.2, -0.15) is 0 Å². The van der Waals surface area contributed by atoms with Gasteiger partial charge in [-0.05, 0) is 32.5 Å². The minimum Gasteiger partial charge on any atom is -0.462 e. The molecule has 0 N–H and O–H groups in total. The van der Waals surface area contributed by atoms with E-state index in [1.165, 1.54) is 70.6 Å². The summed E-state index contributed by atoms with van der Waals surface area (Å²) < 4.78 is 18.5. The Morgan fingerprint density at radius 3 is 1.46 bits per heavy atom. The van der Waals surface area contributed by atoms with Crippen molar-refractivity contribution in [3.8, 4) is 0 Å². The maximum Gasteiger partial charge on any atom is 0.333 e. The standard InChI is InChI=1S/C22H43FO2Si/c1-21(2)22(24)25-19-17-15-13-11-9-7-5-6-8-10-12-14-16-18-20-26(3,4)23/h1,5-20H2,2-4H3. The summed E-state index contributed by atoms with van der Waals surface area (Å²) >= 11 is 0. The maximum absolute atomic E-state index is 13.4. The van der Waals surface area contributed by atoms with Crippen LogP contribution in [0.25, 0.3) is 0 Å². The molecule has 0 saturated heterocycles. The van der Waals surface area contributed by atoms with Crippen molar-refractivity contribution < 1.29 is 13.6 Å². The van der Waals surface area contributed by atoms with E-state index in [9.17, 15) is 8.90 Å². The van der Waals surface area contributed by atoms with E-state index >= 15 is 0 Å². The molecule has 0 rings (SSSR count). The summed E-state index contributed by atoms with van der Waals surface area (Å²) in [6.45, 7) is 9.40. The first-order valence-corrected chi connectivity index (χ1v) is 13.9. The highest BCUT2D eigenvalue weighted by molar-refractivity contribution is 6.70. The van der Waals surface area contributed by atoms with Crippen LogP contribution in [0.5, 0.6) is 0 Å². The molecular weight excluding hydrogens is 343 g/mol. The van der Waals surface area contributed by atoms with Crippen LogP contribution in [0.3, 0.4) is 0 Å². The number of halogens is 1. The summed E-state index contributed by atoms with van der Waals surface area (Å²) in [7, 11) is -2.30. The number of hydrogen-bond acceptors (Lipinski definition) is 2. The van der Waals surface area contributed by atoms with Crippen LogP contribution in [0.15, 0.2) is 12.2 Å². The minimum atomic E-state index is -2.30. The number of ether oxygens (including phenoxy) is 1. The first-order valence-electron chi connectivity index (χ1n) is 10.8. The molecule has 0 fully saturated rings. The first-order chi connectivity index (χ1) is 12.3. The summed E-state index contributed by atoms with van der Waals surface area (Å²) in [6.07, 6.45) is 17.7. The molecule has 0 atom stereocenters. The van der Waals surface area contributed by atoms with Gasteiger partial charge in [-0.25, -0.2) is 4.79 Å². The lowest BCUT2D eigenvalue weighted by Crippen LogP contribution is -2.16. The van der Waals surface area contributed by atoms with Crippen LogP contribution >= 0.6 is 0 Å². The third-order valence-electron chi connectivity index (χ3n) is 4.75. The second-order valence-corrected chi connectivity index (χ2v) is 12.3.